The topological polar surface area (TPSA) is 42.2 Å². The fraction of sp³-hybridized carbons (Fsp3) is 0.176. The highest BCUT2D eigenvalue weighted by Gasteiger charge is 2.16. The number of anilines is 1. The zero-order chi connectivity index (χ0) is 16.2. The Hall–Kier alpha value is -2.76. The van der Waals surface area contributed by atoms with Crippen molar-refractivity contribution < 1.29 is 13.2 Å². The van der Waals surface area contributed by atoms with Gasteiger partial charge in [0.05, 0.1) is 0 Å². The van der Waals surface area contributed by atoms with E-state index in [1.54, 1.807) is 12.1 Å². The first-order chi connectivity index (χ1) is 11.1. The van der Waals surface area contributed by atoms with E-state index in [1.807, 2.05) is 49.5 Å². The zero-order valence-corrected chi connectivity index (χ0v) is 12.5. The molecule has 0 bridgehead atoms. The number of para-hydroxylation sites is 1. The molecule has 6 heteroatoms. The van der Waals surface area contributed by atoms with Crippen molar-refractivity contribution in [1.82, 2.24) is 10.2 Å². The van der Waals surface area contributed by atoms with Gasteiger partial charge in [-0.2, -0.15) is 8.78 Å². The summed E-state index contributed by atoms with van der Waals surface area (Å²) in [6.07, 6.45) is -2.75. The fourth-order valence-corrected chi connectivity index (χ4v) is 2.24. The monoisotopic (exact) mass is 315 g/mol. The SMILES string of the molecule is CN(Cc1ccc(-c2nnc(C(F)F)o2)cc1)c1ccccc1. The first-order valence-electron chi connectivity index (χ1n) is 7.10. The Morgan fingerprint density at radius 1 is 1.00 bits per heavy atom. The molecule has 118 valence electrons. The first kappa shape index (κ1) is 15.1. The summed E-state index contributed by atoms with van der Waals surface area (Å²) in [5.41, 5.74) is 2.83. The van der Waals surface area contributed by atoms with Crippen LogP contribution in [0.15, 0.2) is 59.0 Å². The van der Waals surface area contributed by atoms with E-state index in [2.05, 4.69) is 15.1 Å². The molecule has 1 heterocycles. The summed E-state index contributed by atoms with van der Waals surface area (Å²) in [5, 5.41) is 6.97. The number of alkyl halides is 2. The molecule has 0 N–H and O–H groups in total. The fourth-order valence-electron chi connectivity index (χ4n) is 2.24. The second-order valence-electron chi connectivity index (χ2n) is 5.13. The Labute approximate surface area is 132 Å². The highest BCUT2D eigenvalue weighted by Crippen LogP contribution is 2.24. The van der Waals surface area contributed by atoms with Gasteiger partial charge in [-0.25, -0.2) is 0 Å². The molecule has 1 aromatic heterocycles. The standard InChI is InChI=1S/C17H15F2N3O/c1-22(14-5-3-2-4-6-14)11-12-7-9-13(10-8-12)16-20-21-17(23-16)15(18)19/h2-10,15H,11H2,1H3. The van der Waals surface area contributed by atoms with E-state index < -0.39 is 12.3 Å². The Kier molecular flexibility index (Phi) is 4.32. The quantitative estimate of drug-likeness (QED) is 0.703. The van der Waals surface area contributed by atoms with E-state index in [1.165, 1.54) is 0 Å². The van der Waals surface area contributed by atoms with E-state index in [0.29, 0.717) is 5.56 Å². The summed E-state index contributed by atoms with van der Waals surface area (Å²) in [4.78, 5) is 2.12. The van der Waals surface area contributed by atoms with Gasteiger partial charge in [0.1, 0.15) is 0 Å². The van der Waals surface area contributed by atoms with Crippen LogP contribution in [0.3, 0.4) is 0 Å². The van der Waals surface area contributed by atoms with Gasteiger partial charge in [-0.15, -0.1) is 10.2 Å². The molecule has 0 unspecified atom stereocenters. The minimum absolute atomic E-state index is 0.100. The van der Waals surface area contributed by atoms with Crippen molar-refractivity contribution in [2.24, 2.45) is 0 Å². The van der Waals surface area contributed by atoms with Gasteiger partial charge in [0, 0.05) is 24.8 Å². The number of nitrogens with zero attached hydrogens (tertiary/aromatic N) is 3. The third-order valence-corrected chi connectivity index (χ3v) is 3.44. The third kappa shape index (κ3) is 3.53. The molecule has 3 aromatic rings. The number of hydrogen-bond donors (Lipinski definition) is 0. The third-order valence-electron chi connectivity index (χ3n) is 3.44. The van der Waals surface area contributed by atoms with Crippen LogP contribution in [0.2, 0.25) is 0 Å². The molecule has 0 saturated heterocycles. The van der Waals surface area contributed by atoms with E-state index in [9.17, 15) is 8.78 Å². The van der Waals surface area contributed by atoms with Crippen LogP contribution in [0.1, 0.15) is 17.9 Å². The Morgan fingerprint density at radius 2 is 1.70 bits per heavy atom. The second-order valence-corrected chi connectivity index (χ2v) is 5.13. The van der Waals surface area contributed by atoms with Gasteiger partial charge in [0.2, 0.25) is 5.89 Å². The maximum atomic E-state index is 12.5. The maximum absolute atomic E-state index is 12.5. The van der Waals surface area contributed by atoms with Crippen LogP contribution in [-0.4, -0.2) is 17.2 Å². The molecular weight excluding hydrogens is 300 g/mol. The van der Waals surface area contributed by atoms with Crippen LogP contribution < -0.4 is 4.90 Å². The number of benzene rings is 2. The molecule has 0 aliphatic heterocycles. The predicted octanol–water partition coefficient (Wildman–Crippen LogP) is 4.31. The van der Waals surface area contributed by atoms with Crippen LogP contribution >= 0.6 is 0 Å². The molecule has 0 amide bonds. The van der Waals surface area contributed by atoms with Crippen molar-refractivity contribution in [2.45, 2.75) is 13.0 Å². The van der Waals surface area contributed by atoms with Crippen molar-refractivity contribution in [2.75, 3.05) is 11.9 Å². The van der Waals surface area contributed by atoms with Crippen molar-refractivity contribution in [3.63, 3.8) is 0 Å². The lowest BCUT2D eigenvalue weighted by molar-refractivity contribution is 0.116. The van der Waals surface area contributed by atoms with E-state index >= 15 is 0 Å². The molecule has 0 fully saturated rings. The van der Waals surface area contributed by atoms with E-state index in [4.69, 9.17) is 4.42 Å². The average molecular weight is 315 g/mol. The first-order valence-corrected chi connectivity index (χ1v) is 7.10. The van der Waals surface area contributed by atoms with Gasteiger partial charge >= 0.3 is 6.43 Å². The van der Waals surface area contributed by atoms with Crippen LogP contribution in [-0.2, 0) is 6.54 Å². The molecule has 0 atom stereocenters. The van der Waals surface area contributed by atoms with Crippen molar-refractivity contribution in [3.05, 3.63) is 66.1 Å². The Morgan fingerprint density at radius 3 is 2.30 bits per heavy atom. The summed E-state index contributed by atoms with van der Waals surface area (Å²) in [5.74, 6) is -0.559. The van der Waals surface area contributed by atoms with Gasteiger partial charge < -0.3 is 9.32 Å². The molecule has 0 saturated carbocycles. The largest absolute Gasteiger partial charge is 0.415 e. The molecule has 0 aliphatic carbocycles. The highest BCUT2D eigenvalue weighted by atomic mass is 19.3. The second kappa shape index (κ2) is 6.56. The van der Waals surface area contributed by atoms with Crippen LogP contribution in [0.5, 0.6) is 0 Å². The lowest BCUT2D eigenvalue weighted by Crippen LogP contribution is -2.15. The average Bonchev–Trinajstić information content (AvgIpc) is 3.07. The molecular formula is C17H15F2N3O. The van der Waals surface area contributed by atoms with Crippen molar-refractivity contribution in [3.8, 4) is 11.5 Å². The molecule has 0 radical (unpaired) electrons. The smallest absolute Gasteiger partial charge is 0.314 e. The van der Waals surface area contributed by atoms with Gasteiger partial charge in [-0.1, -0.05) is 30.3 Å². The number of aromatic nitrogens is 2. The minimum Gasteiger partial charge on any atom is -0.415 e. The molecule has 2 aromatic carbocycles. The molecule has 4 nitrogen and oxygen atoms in total. The summed E-state index contributed by atoms with van der Waals surface area (Å²) >= 11 is 0. The van der Waals surface area contributed by atoms with Crippen LogP contribution in [0.4, 0.5) is 14.5 Å². The Balaban J connectivity index is 1.71. The Bertz CT molecular complexity index is 757. The summed E-state index contributed by atoms with van der Waals surface area (Å²) in [6, 6.07) is 17.5. The van der Waals surface area contributed by atoms with Gasteiger partial charge in [0.25, 0.3) is 5.89 Å². The molecule has 23 heavy (non-hydrogen) atoms. The summed E-state index contributed by atoms with van der Waals surface area (Å²) < 4.78 is 29.9. The number of rotatable bonds is 5. The minimum atomic E-state index is -2.75. The zero-order valence-electron chi connectivity index (χ0n) is 12.5. The predicted molar refractivity (Wildman–Crippen MR) is 83.2 cm³/mol. The molecule has 0 spiro atoms. The summed E-state index contributed by atoms with van der Waals surface area (Å²) in [6.45, 7) is 0.733. The lowest BCUT2D eigenvalue weighted by Gasteiger charge is -2.19. The van der Waals surface area contributed by atoms with Crippen molar-refractivity contribution >= 4 is 5.69 Å². The normalized spacial score (nSPS) is 11.0. The van der Waals surface area contributed by atoms with Gasteiger partial charge in [-0.3, -0.25) is 0 Å². The lowest BCUT2D eigenvalue weighted by atomic mass is 10.1. The highest BCUT2D eigenvalue weighted by molar-refractivity contribution is 5.53. The van der Waals surface area contributed by atoms with Gasteiger partial charge in [0.15, 0.2) is 0 Å². The van der Waals surface area contributed by atoms with E-state index in [0.717, 1.165) is 17.8 Å². The molecule has 3 rings (SSSR count). The molecule has 0 aliphatic rings. The van der Waals surface area contributed by atoms with Crippen LogP contribution in [0.25, 0.3) is 11.5 Å². The number of hydrogen-bond acceptors (Lipinski definition) is 4. The van der Waals surface area contributed by atoms with Gasteiger partial charge in [-0.05, 0) is 29.8 Å². The maximum Gasteiger partial charge on any atom is 0.314 e. The van der Waals surface area contributed by atoms with Crippen molar-refractivity contribution in [1.29, 1.82) is 0 Å². The van der Waals surface area contributed by atoms with Crippen LogP contribution in [0, 0.1) is 0 Å². The number of halogens is 2. The summed E-state index contributed by atoms with van der Waals surface area (Å²) in [7, 11) is 2.01. The van der Waals surface area contributed by atoms with E-state index in [-0.39, 0.29) is 5.89 Å².